The van der Waals surface area contributed by atoms with Crippen LogP contribution in [0.2, 0.25) is 0 Å². The summed E-state index contributed by atoms with van der Waals surface area (Å²) in [5.41, 5.74) is -0.568. The average molecular weight is 273 g/mol. The summed E-state index contributed by atoms with van der Waals surface area (Å²) in [6.07, 6.45) is 0.245. The van der Waals surface area contributed by atoms with E-state index >= 15 is 0 Å². The van der Waals surface area contributed by atoms with Crippen LogP contribution in [0.4, 0.5) is 0 Å². The molecule has 1 rings (SSSR count). The summed E-state index contributed by atoms with van der Waals surface area (Å²) >= 11 is 0. The van der Waals surface area contributed by atoms with Crippen molar-refractivity contribution in [2.75, 3.05) is 0 Å². The van der Waals surface area contributed by atoms with Gasteiger partial charge in [-0.2, -0.15) is 0 Å². The quantitative estimate of drug-likeness (QED) is 0.650. The second-order valence-corrected chi connectivity index (χ2v) is 4.76. The van der Waals surface area contributed by atoms with Crippen molar-refractivity contribution in [1.82, 2.24) is 0 Å². The first-order chi connectivity index (χ1) is 6.45. The summed E-state index contributed by atoms with van der Waals surface area (Å²) in [5, 5.41) is 8.99. The third-order valence-electron chi connectivity index (χ3n) is 2.05. The fourth-order valence-electron chi connectivity index (χ4n) is 1.34. The Morgan fingerprint density at radius 1 is 1.33 bits per heavy atom. The largest absolute Gasteiger partial charge is 2.00 e. The molecule has 0 radical (unpaired) electrons. The smallest absolute Gasteiger partial charge is 0.810 e. The molecule has 0 heterocycles. The molecule has 0 bridgehead atoms. The Morgan fingerprint density at radius 3 is 2.13 bits per heavy atom. The molecule has 0 amide bonds. The number of rotatable bonds is 3. The van der Waals surface area contributed by atoms with Gasteiger partial charge in [-0.1, -0.05) is 26.7 Å². The zero-order chi connectivity index (χ0) is 10.8. The Balaban J connectivity index is 0.00000196. The fourth-order valence-corrected chi connectivity index (χ4v) is 2.32. The Bertz CT molecular complexity index is 346. The average Bonchev–Trinajstić information content (AvgIpc) is 2.07. The van der Waals surface area contributed by atoms with Crippen LogP contribution in [0.25, 0.3) is 0 Å². The van der Waals surface area contributed by atoms with Gasteiger partial charge in [-0.25, -0.2) is 0 Å². The van der Waals surface area contributed by atoms with E-state index in [4.69, 9.17) is 5.11 Å². The van der Waals surface area contributed by atoms with E-state index in [0.717, 1.165) is 0 Å². The molecule has 1 atom stereocenters. The van der Waals surface area contributed by atoms with Crippen molar-refractivity contribution in [2.24, 2.45) is 0 Å². The second-order valence-electron chi connectivity index (χ2n) is 3.06. The minimum absolute atomic E-state index is 0. The molecule has 1 aromatic rings. The third-order valence-corrected chi connectivity index (χ3v) is 3.47. The van der Waals surface area contributed by atoms with Gasteiger partial charge in [-0.3, -0.25) is 0 Å². The monoisotopic (exact) mass is 272 g/mol. The van der Waals surface area contributed by atoms with Crippen LogP contribution in [-0.2, 0) is 21.1 Å². The third kappa shape index (κ3) is 3.96. The van der Waals surface area contributed by atoms with Crippen LogP contribution in [0.3, 0.4) is 0 Å². The van der Waals surface area contributed by atoms with Crippen LogP contribution in [0.5, 0.6) is 5.75 Å². The second kappa shape index (κ2) is 5.67. The summed E-state index contributed by atoms with van der Waals surface area (Å²) in [7, 11) is -4.59. The predicted octanol–water partition coefficient (Wildman–Crippen LogP) is 0.755. The summed E-state index contributed by atoms with van der Waals surface area (Å²) in [4.78, 5) is 21.7. The number of hydrogen-bond donors (Lipinski definition) is 1. The van der Waals surface area contributed by atoms with Gasteiger partial charge in [0.15, 0.2) is 0 Å². The summed E-state index contributed by atoms with van der Waals surface area (Å²) in [6.45, 7) is 1.64. The maximum Gasteiger partial charge on any atom is 2.00 e. The minimum Gasteiger partial charge on any atom is -0.810 e. The minimum atomic E-state index is -4.59. The first-order valence-corrected chi connectivity index (χ1v) is 5.87. The number of aromatic hydroxyl groups is 1. The van der Waals surface area contributed by atoms with Gasteiger partial charge >= 0.3 is 16.5 Å². The van der Waals surface area contributed by atoms with Gasteiger partial charge in [0.25, 0.3) is 0 Å². The molecule has 0 saturated carbocycles. The van der Waals surface area contributed by atoms with Crippen molar-refractivity contribution >= 4 is 7.60 Å². The van der Waals surface area contributed by atoms with Crippen LogP contribution in [-0.4, -0.2) is 5.11 Å². The predicted molar refractivity (Wildman–Crippen MR) is 48.7 cm³/mol. The van der Waals surface area contributed by atoms with E-state index in [0.29, 0.717) is 5.56 Å². The van der Waals surface area contributed by atoms with Gasteiger partial charge in [-0.05, 0) is 24.1 Å². The van der Waals surface area contributed by atoms with E-state index in [1.807, 2.05) is 0 Å². The molecule has 0 saturated heterocycles. The van der Waals surface area contributed by atoms with E-state index in [1.165, 1.54) is 24.3 Å². The topological polar surface area (TPSA) is 83.4 Å². The maximum atomic E-state index is 10.9. The van der Waals surface area contributed by atoms with Crippen molar-refractivity contribution < 1.29 is 35.9 Å². The van der Waals surface area contributed by atoms with Gasteiger partial charge in [0.2, 0.25) is 0 Å². The Kier molecular flexibility index (Phi) is 5.54. The molecule has 15 heavy (non-hydrogen) atoms. The van der Waals surface area contributed by atoms with Gasteiger partial charge in [0, 0.05) is 5.66 Å². The SMILES string of the molecule is CCC(c1ccc(O)cc1)P(=O)([O-])[O-].[Ni+2]. The molecule has 0 fully saturated rings. The van der Waals surface area contributed by atoms with Crippen molar-refractivity contribution in [1.29, 1.82) is 0 Å². The Labute approximate surface area is 98.4 Å². The van der Waals surface area contributed by atoms with Crippen LogP contribution < -0.4 is 9.79 Å². The molecule has 4 nitrogen and oxygen atoms in total. The summed E-state index contributed by atoms with van der Waals surface area (Å²) in [6, 6.07) is 5.64. The number of benzene rings is 1. The van der Waals surface area contributed by atoms with Crippen molar-refractivity contribution in [3.63, 3.8) is 0 Å². The van der Waals surface area contributed by atoms with E-state index in [1.54, 1.807) is 6.92 Å². The Morgan fingerprint density at radius 2 is 1.80 bits per heavy atom. The first-order valence-electron chi connectivity index (χ1n) is 4.25. The fraction of sp³-hybridized carbons (Fsp3) is 0.333. The van der Waals surface area contributed by atoms with Crippen molar-refractivity contribution in [3.8, 4) is 5.75 Å². The van der Waals surface area contributed by atoms with E-state index in [-0.39, 0.29) is 28.7 Å². The molecule has 0 aliphatic rings. The molecular formula is C9H11NiO4P. The molecular weight excluding hydrogens is 262 g/mol. The van der Waals surface area contributed by atoms with Crippen LogP contribution >= 0.6 is 7.60 Å². The van der Waals surface area contributed by atoms with E-state index < -0.39 is 13.3 Å². The van der Waals surface area contributed by atoms with Crippen LogP contribution in [0, 0.1) is 0 Å². The van der Waals surface area contributed by atoms with Crippen molar-refractivity contribution in [3.05, 3.63) is 29.8 Å². The molecule has 1 unspecified atom stereocenters. The van der Waals surface area contributed by atoms with Crippen LogP contribution in [0.1, 0.15) is 24.6 Å². The van der Waals surface area contributed by atoms with E-state index in [9.17, 15) is 14.4 Å². The van der Waals surface area contributed by atoms with E-state index in [2.05, 4.69) is 0 Å². The standard InChI is InChI=1S/C9H13O4P.Ni/c1-2-9(14(11,12)13)7-3-5-8(10)6-4-7;/h3-6,9-10H,2H2,1H3,(H2,11,12,13);/q;+2/p-2. The Hall–Kier alpha value is -0.336. The normalized spacial score (nSPS) is 13.0. The zero-order valence-electron chi connectivity index (χ0n) is 8.03. The van der Waals surface area contributed by atoms with Crippen LogP contribution in [0.15, 0.2) is 24.3 Å². The molecule has 1 N–H and O–H groups in total. The molecule has 0 aliphatic carbocycles. The van der Waals surface area contributed by atoms with Gasteiger partial charge in [-0.15, -0.1) is 0 Å². The first kappa shape index (κ1) is 14.7. The van der Waals surface area contributed by atoms with Crippen molar-refractivity contribution in [2.45, 2.75) is 19.0 Å². The van der Waals surface area contributed by atoms with Gasteiger partial charge in [0.1, 0.15) is 5.75 Å². The summed E-state index contributed by atoms with van der Waals surface area (Å²) in [5.74, 6) is 0.0511. The number of hydrogen-bond acceptors (Lipinski definition) is 4. The molecule has 86 valence electrons. The number of phenolic OH excluding ortho intramolecular Hbond substituents is 1. The van der Waals surface area contributed by atoms with Gasteiger partial charge < -0.3 is 19.5 Å². The molecule has 0 aromatic heterocycles. The number of phenols is 1. The maximum absolute atomic E-state index is 10.9. The zero-order valence-corrected chi connectivity index (χ0v) is 9.91. The summed E-state index contributed by atoms with van der Waals surface area (Å²) < 4.78 is 10.9. The molecule has 1 aromatic carbocycles. The molecule has 6 heteroatoms. The molecule has 0 aliphatic heterocycles. The molecule has 0 spiro atoms. The van der Waals surface area contributed by atoms with Gasteiger partial charge in [0.05, 0.1) is 0 Å².